The second-order valence-electron chi connectivity index (χ2n) is 8.71. The first-order valence-corrected chi connectivity index (χ1v) is 13.1. The molecule has 0 bridgehead atoms. The van der Waals surface area contributed by atoms with E-state index in [1.54, 1.807) is 18.4 Å². The summed E-state index contributed by atoms with van der Waals surface area (Å²) in [6.45, 7) is 5.47. The van der Waals surface area contributed by atoms with Crippen molar-refractivity contribution in [3.05, 3.63) is 54.2 Å². The van der Waals surface area contributed by atoms with Gasteiger partial charge in [-0.2, -0.15) is 0 Å². The Morgan fingerprint density at radius 3 is 2.51 bits per heavy atom. The molecule has 0 saturated heterocycles. The van der Waals surface area contributed by atoms with Crippen LogP contribution in [-0.2, 0) is 20.1 Å². The standard InChI is InChI=1S/C26H35FN2O5S/c1-4-5-11-21(23(30)17-35-16-19-9-8-13-33-19)29-26(32)22(14-18(2)3)28-25(31)15-34-24-12-7-6-10-20(24)27/h6-10,12-13,18,21-22H,4-5,11,14-17H2,1-3H3,(H,28,31)(H,29,32)/t21-,22-/m0/s1. The predicted octanol–water partition coefficient (Wildman–Crippen LogP) is 4.51. The van der Waals surface area contributed by atoms with Crippen LogP contribution in [-0.4, -0.2) is 42.0 Å². The molecule has 1 heterocycles. The van der Waals surface area contributed by atoms with E-state index in [1.807, 2.05) is 26.8 Å². The molecule has 2 amide bonds. The van der Waals surface area contributed by atoms with Crippen LogP contribution in [0.15, 0.2) is 47.1 Å². The fourth-order valence-electron chi connectivity index (χ4n) is 3.39. The van der Waals surface area contributed by atoms with Gasteiger partial charge in [0.05, 0.1) is 23.8 Å². The van der Waals surface area contributed by atoms with Gasteiger partial charge in [-0.25, -0.2) is 4.39 Å². The van der Waals surface area contributed by atoms with Crippen LogP contribution in [0.2, 0.25) is 0 Å². The van der Waals surface area contributed by atoms with Gasteiger partial charge in [0.15, 0.2) is 24.0 Å². The average molecular weight is 507 g/mol. The Kier molecular flexibility index (Phi) is 12.4. The molecule has 0 saturated carbocycles. The van der Waals surface area contributed by atoms with E-state index in [1.165, 1.54) is 30.0 Å². The molecule has 192 valence electrons. The Bertz CT molecular complexity index is 936. The number of ketones is 1. The molecule has 0 fully saturated rings. The lowest BCUT2D eigenvalue weighted by atomic mass is 10.0. The minimum atomic E-state index is -0.834. The smallest absolute Gasteiger partial charge is 0.258 e. The lowest BCUT2D eigenvalue weighted by Crippen LogP contribution is -2.53. The fourth-order valence-corrected chi connectivity index (χ4v) is 4.26. The lowest BCUT2D eigenvalue weighted by Gasteiger charge is -2.24. The van der Waals surface area contributed by atoms with Crippen molar-refractivity contribution in [1.82, 2.24) is 10.6 Å². The normalized spacial score (nSPS) is 12.7. The third kappa shape index (κ3) is 10.5. The number of rotatable bonds is 16. The zero-order chi connectivity index (χ0) is 25.6. The largest absolute Gasteiger partial charge is 0.481 e. The lowest BCUT2D eigenvalue weighted by molar-refractivity contribution is -0.132. The summed E-state index contributed by atoms with van der Waals surface area (Å²) in [5, 5.41) is 5.52. The summed E-state index contributed by atoms with van der Waals surface area (Å²) >= 11 is 1.43. The van der Waals surface area contributed by atoms with E-state index in [4.69, 9.17) is 9.15 Å². The molecule has 0 aliphatic heterocycles. The highest BCUT2D eigenvalue weighted by Crippen LogP contribution is 2.16. The first kappa shape index (κ1) is 28.4. The average Bonchev–Trinajstić information content (AvgIpc) is 3.34. The Morgan fingerprint density at radius 1 is 1.09 bits per heavy atom. The number of carbonyl (C=O) groups excluding carboxylic acids is 3. The topological polar surface area (TPSA) is 97.6 Å². The van der Waals surface area contributed by atoms with Gasteiger partial charge >= 0.3 is 0 Å². The van der Waals surface area contributed by atoms with Crippen LogP contribution in [0.25, 0.3) is 0 Å². The first-order chi connectivity index (χ1) is 16.8. The Hall–Kier alpha value is -2.81. The quantitative estimate of drug-likeness (QED) is 0.348. The van der Waals surface area contributed by atoms with E-state index in [2.05, 4.69) is 10.6 Å². The molecule has 0 aliphatic carbocycles. The summed E-state index contributed by atoms with van der Waals surface area (Å²) in [4.78, 5) is 38.4. The number of furan rings is 1. The van der Waals surface area contributed by atoms with Crippen molar-refractivity contribution < 1.29 is 27.9 Å². The summed E-state index contributed by atoms with van der Waals surface area (Å²) in [6.07, 6.45) is 4.18. The van der Waals surface area contributed by atoms with Crippen molar-refractivity contribution in [2.24, 2.45) is 5.92 Å². The van der Waals surface area contributed by atoms with E-state index in [9.17, 15) is 18.8 Å². The van der Waals surface area contributed by atoms with E-state index in [-0.39, 0.29) is 23.2 Å². The summed E-state index contributed by atoms with van der Waals surface area (Å²) in [5.74, 6) is 0.0860. The van der Waals surface area contributed by atoms with Gasteiger partial charge in [0.25, 0.3) is 5.91 Å². The van der Waals surface area contributed by atoms with Gasteiger partial charge in [-0.15, -0.1) is 11.8 Å². The number of Topliss-reactive ketones (excluding diaryl/α,β-unsaturated/α-hetero) is 1. The third-order valence-electron chi connectivity index (χ3n) is 5.17. The summed E-state index contributed by atoms with van der Waals surface area (Å²) < 4.78 is 24.3. The van der Waals surface area contributed by atoms with Gasteiger partial charge in [0, 0.05) is 0 Å². The van der Waals surface area contributed by atoms with Gasteiger partial charge in [-0.05, 0) is 43.0 Å². The molecule has 1 aromatic heterocycles. The zero-order valence-corrected chi connectivity index (χ0v) is 21.4. The molecule has 2 aromatic rings. The van der Waals surface area contributed by atoms with Gasteiger partial charge in [0.2, 0.25) is 5.91 Å². The molecule has 2 N–H and O–H groups in total. The van der Waals surface area contributed by atoms with Crippen molar-refractivity contribution in [3.63, 3.8) is 0 Å². The summed E-state index contributed by atoms with van der Waals surface area (Å²) in [5.41, 5.74) is 0. The van der Waals surface area contributed by atoms with Gasteiger partial charge in [-0.3, -0.25) is 14.4 Å². The van der Waals surface area contributed by atoms with Crippen molar-refractivity contribution in [1.29, 1.82) is 0 Å². The van der Waals surface area contributed by atoms with E-state index >= 15 is 0 Å². The molecule has 1 aromatic carbocycles. The second-order valence-corrected chi connectivity index (χ2v) is 9.70. The van der Waals surface area contributed by atoms with E-state index < -0.39 is 36.3 Å². The number of para-hydroxylation sites is 1. The van der Waals surface area contributed by atoms with Crippen LogP contribution in [0.3, 0.4) is 0 Å². The minimum absolute atomic E-state index is 0.0372. The molecule has 35 heavy (non-hydrogen) atoms. The number of halogens is 1. The summed E-state index contributed by atoms with van der Waals surface area (Å²) in [6, 6.07) is 7.97. The van der Waals surface area contributed by atoms with Gasteiger partial charge in [0.1, 0.15) is 11.8 Å². The zero-order valence-electron chi connectivity index (χ0n) is 20.6. The molecular weight excluding hydrogens is 471 g/mol. The number of unbranched alkanes of at least 4 members (excludes halogenated alkanes) is 1. The van der Waals surface area contributed by atoms with Crippen molar-refractivity contribution >= 4 is 29.4 Å². The van der Waals surface area contributed by atoms with Gasteiger partial charge in [-0.1, -0.05) is 45.7 Å². The highest BCUT2D eigenvalue weighted by atomic mass is 32.2. The van der Waals surface area contributed by atoms with E-state index in [0.717, 1.165) is 18.6 Å². The molecule has 0 aliphatic rings. The maximum atomic E-state index is 13.7. The maximum absolute atomic E-state index is 13.7. The summed E-state index contributed by atoms with van der Waals surface area (Å²) in [7, 11) is 0. The second kappa shape index (κ2) is 15.2. The van der Waals surface area contributed by atoms with Gasteiger partial charge < -0.3 is 19.8 Å². The number of amides is 2. The Balaban J connectivity index is 1.95. The SMILES string of the molecule is CCCC[C@H](NC(=O)[C@H](CC(C)C)NC(=O)COc1ccccc1F)C(=O)CSCc1ccco1. The highest BCUT2D eigenvalue weighted by Gasteiger charge is 2.27. The predicted molar refractivity (Wildman–Crippen MR) is 135 cm³/mol. The number of benzene rings is 1. The number of thioether (sulfide) groups is 1. The van der Waals surface area contributed by atoms with Crippen LogP contribution in [0.4, 0.5) is 4.39 Å². The maximum Gasteiger partial charge on any atom is 0.258 e. The van der Waals surface area contributed by atoms with Crippen molar-refractivity contribution in [2.45, 2.75) is 64.3 Å². The molecule has 0 unspecified atom stereocenters. The number of nitrogens with one attached hydrogen (secondary N) is 2. The van der Waals surface area contributed by atoms with Crippen LogP contribution < -0.4 is 15.4 Å². The van der Waals surface area contributed by atoms with Crippen LogP contribution in [0, 0.1) is 11.7 Å². The van der Waals surface area contributed by atoms with Crippen molar-refractivity contribution in [3.8, 4) is 5.75 Å². The minimum Gasteiger partial charge on any atom is -0.481 e. The van der Waals surface area contributed by atoms with Crippen LogP contribution >= 0.6 is 11.8 Å². The molecule has 0 spiro atoms. The first-order valence-electron chi connectivity index (χ1n) is 11.9. The number of hydrogen-bond donors (Lipinski definition) is 2. The Labute approximate surface area is 210 Å². The molecule has 2 atom stereocenters. The molecular formula is C26H35FN2O5S. The number of hydrogen-bond acceptors (Lipinski definition) is 6. The molecule has 0 radical (unpaired) electrons. The van der Waals surface area contributed by atoms with Crippen LogP contribution in [0.5, 0.6) is 5.75 Å². The molecule has 2 rings (SSSR count). The fraction of sp³-hybridized carbons (Fsp3) is 0.500. The molecule has 9 heteroatoms. The monoisotopic (exact) mass is 506 g/mol. The number of ether oxygens (including phenoxy) is 1. The highest BCUT2D eigenvalue weighted by molar-refractivity contribution is 7.99. The van der Waals surface area contributed by atoms with Crippen molar-refractivity contribution in [2.75, 3.05) is 12.4 Å². The van der Waals surface area contributed by atoms with E-state index in [0.29, 0.717) is 18.6 Å². The van der Waals surface area contributed by atoms with Crippen LogP contribution in [0.1, 0.15) is 52.2 Å². The Morgan fingerprint density at radius 2 is 1.86 bits per heavy atom. The molecule has 7 nitrogen and oxygen atoms in total. The third-order valence-corrected chi connectivity index (χ3v) is 6.15. The number of carbonyl (C=O) groups is 3.